The first kappa shape index (κ1) is 23.3. The van der Waals surface area contributed by atoms with Crippen molar-refractivity contribution in [1.29, 1.82) is 0 Å². The molecule has 1 aromatic carbocycles. The molecular weight excluding hydrogens is 444 g/mol. The number of hydrogen-bond donors (Lipinski definition) is 1. The van der Waals surface area contributed by atoms with Gasteiger partial charge in [-0.15, -0.1) is 0 Å². The molecule has 1 fully saturated rings. The van der Waals surface area contributed by atoms with Crippen LogP contribution in [0.5, 0.6) is 0 Å². The summed E-state index contributed by atoms with van der Waals surface area (Å²) in [7, 11) is -0.595. The van der Waals surface area contributed by atoms with E-state index in [0.717, 1.165) is 15.5 Å². The quantitative estimate of drug-likeness (QED) is 0.576. The van der Waals surface area contributed by atoms with Crippen LogP contribution in [0.1, 0.15) is 54.0 Å². The van der Waals surface area contributed by atoms with Crippen LogP contribution in [0.2, 0.25) is 5.02 Å². The second-order valence-corrected chi connectivity index (χ2v) is 10.1. The predicted molar refractivity (Wildman–Crippen MR) is 117 cm³/mol. The van der Waals surface area contributed by atoms with E-state index in [0.29, 0.717) is 5.02 Å². The zero-order chi connectivity index (χ0) is 21.3. The first-order chi connectivity index (χ1) is 12.7. The van der Waals surface area contributed by atoms with Gasteiger partial charge in [0.25, 0.3) is 0 Å². The topological polar surface area (TPSA) is 56.8 Å². The monoisotopic (exact) mass is 471 g/mol. The largest absolute Gasteiger partial charge is 0.492 e. The van der Waals surface area contributed by atoms with Crippen LogP contribution in [0.4, 0.5) is 4.79 Å². The number of benzene rings is 1. The van der Waals surface area contributed by atoms with Gasteiger partial charge in [-0.1, -0.05) is 39.7 Å². The molecule has 0 spiro atoms. The number of alkyl carbamates (subject to hydrolysis) is 1. The summed E-state index contributed by atoms with van der Waals surface area (Å²) < 4.78 is 18.5. The zero-order valence-corrected chi connectivity index (χ0v) is 19.8. The van der Waals surface area contributed by atoms with Gasteiger partial charge < -0.3 is 19.4 Å². The molecule has 5 nitrogen and oxygen atoms in total. The molecule has 0 saturated carbocycles. The number of amides is 1. The van der Waals surface area contributed by atoms with Crippen molar-refractivity contribution in [2.24, 2.45) is 0 Å². The molecule has 0 bridgehead atoms. The molecule has 1 aliphatic heterocycles. The van der Waals surface area contributed by atoms with Crippen molar-refractivity contribution in [1.82, 2.24) is 5.32 Å². The van der Waals surface area contributed by atoms with Gasteiger partial charge in [-0.2, -0.15) is 0 Å². The fourth-order valence-corrected chi connectivity index (χ4v) is 3.30. The molecule has 1 heterocycles. The van der Waals surface area contributed by atoms with Crippen molar-refractivity contribution >= 4 is 46.8 Å². The maximum absolute atomic E-state index is 12.1. The molecule has 1 saturated heterocycles. The Labute approximate surface area is 181 Å². The van der Waals surface area contributed by atoms with Gasteiger partial charge in [0.2, 0.25) is 0 Å². The predicted octanol–water partition coefficient (Wildman–Crippen LogP) is 5.64. The third-order valence-electron chi connectivity index (χ3n) is 4.70. The Morgan fingerprint density at radius 3 is 2.32 bits per heavy atom. The van der Waals surface area contributed by atoms with Crippen LogP contribution >= 0.6 is 27.5 Å². The Hall–Kier alpha value is -1.02. The molecule has 28 heavy (non-hydrogen) atoms. The van der Waals surface area contributed by atoms with Gasteiger partial charge >= 0.3 is 13.2 Å². The Balaban J connectivity index is 2.28. The summed E-state index contributed by atoms with van der Waals surface area (Å²) in [6.45, 7) is 13.6. The standard InChI is InChI=1S/C20H28BBrClNO4/c1-18(2,3)26-17(25)24-12-14(10-13-8-9-15(23)11-16(13)22)21-27-19(4,5)20(6,7)28-21/h8-11H,12H2,1-7H3,(H,24,25). The summed E-state index contributed by atoms with van der Waals surface area (Å²) in [5.41, 5.74) is 0.129. The second kappa shape index (κ2) is 8.38. The van der Waals surface area contributed by atoms with Crippen LogP contribution in [0, 0.1) is 0 Å². The zero-order valence-electron chi connectivity index (χ0n) is 17.5. The highest BCUT2D eigenvalue weighted by Gasteiger charge is 2.52. The molecule has 8 heteroatoms. The molecule has 0 aliphatic carbocycles. The number of halogens is 2. The Bertz CT molecular complexity index is 758. The fourth-order valence-electron chi connectivity index (χ4n) is 2.50. The maximum atomic E-state index is 12.1. The highest BCUT2D eigenvalue weighted by molar-refractivity contribution is 9.10. The van der Waals surface area contributed by atoms with Crippen molar-refractivity contribution < 1.29 is 18.8 Å². The fraction of sp³-hybridized carbons (Fsp3) is 0.550. The summed E-state index contributed by atoms with van der Waals surface area (Å²) in [5, 5.41) is 3.42. The van der Waals surface area contributed by atoms with E-state index in [-0.39, 0.29) is 6.54 Å². The highest BCUT2D eigenvalue weighted by atomic mass is 79.9. The SMILES string of the molecule is CC(C)(C)OC(=O)NCC(=Cc1ccc(Cl)cc1Br)B1OC(C)(C)C(C)(C)O1. The third kappa shape index (κ3) is 5.99. The van der Waals surface area contributed by atoms with Gasteiger partial charge in [-0.05, 0) is 71.6 Å². The van der Waals surface area contributed by atoms with E-state index in [1.807, 2.05) is 66.7 Å². The Kier molecular flexibility index (Phi) is 6.97. The molecule has 2 rings (SSSR count). The Morgan fingerprint density at radius 1 is 1.25 bits per heavy atom. The van der Waals surface area contributed by atoms with Gasteiger partial charge in [0.05, 0.1) is 11.2 Å². The van der Waals surface area contributed by atoms with E-state index >= 15 is 0 Å². The van der Waals surface area contributed by atoms with Gasteiger partial charge in [-0.25, -0.2) is 4.79 Å². The van der Waals surface area contributed by atoms with E-state index < -0.39 is 30.0 Å². The average Bonchev–Trinajstić information content (AvgIpc) is 2.71. The molecule has 1 aliphatic rings. The second-order valence-electron chi connectivity index (χ2n) is 8.83. The van der Waals surface area contributed by atoms with Crippen molar-refractivity contribution in [3.63, 3.8) is 0 Å². The number of carbonyl (C=O) groups excluding carboxylic acids is 1. The lowest BCUT2D eigenvalue weighted by molar-refractivity contribution is 0.00578. The number of carbonyl (C=O) groups is 1. The summed E-state index contributed by atoms with van der Waals surface area (Å²) in [4.78, 5) is 12.1. The molecule has 0 unspecified atom stereocenters. The van der Waals surface area contributed by atoms with Crippen molar-refractivity contribution in [2.75, 3.05) is 6.54 Å². The smallest absolute Gasteiger partial charge is 0.444 e. The van der Waals surface area contributed by atoms with E-state index in [9.17, 15) is 4.79 Å². The molecule has 1 aromatic rings. The summed E-state index contributed by atoms with van der Waals surface area (Å²) in [5.74, 6) is 0. The van der Waals surface area contributed by atoms with Crippen LogP contribution in [-0.4, -0.2) is 36.6 Å². The van der Waals surface area contributed by atoms with E-state index in [1.54, 1.807) is 6.07 Å². The van der Waals surface area contributed by atoms with Gasteiger partial charge in [0, 0.05) is 16.0 Å². The lowest BCUT2D eigenvalue weighted by atomic mass is 9.77. The van der Waals surface area contributed by atoms with E-state index in [1.165, 1.54) is 0 Å². The molecule has 1 N–H and O–H groups in total. The van der Waals surface area contributed by atoms with Crippen molar-refractivity contribution in [3.05, 3.63) is 38.7 Å². The summed E-state index contributed by atoms with van der Waals surface area (Å²) in [6, 6.07) is 5.52. The number of ether oxygens (including phenoxy) is 1. The summed E-state index contributed by atoms with van der Waals surface area (Å²) in [6.07, 6.45) is 1.44. The van der Waals surface area contributed by atoms with Crippen LogP contribution < -0.4 is 5.32 Å². The molecule has 0 atom stereocenters. The molecule has 0 aromatic heterocycles. The molecule has 0 radical (unpaired) electrons. The maximum Gasteiger partial charge on any atom is 0.492 e. The molecule has 154 valence electrons. The van der Waals surface area contributed by atoms with Gasteiger partial charge in [0.15, 0.2) is 0 Å². The van der Waals surface area contributed by atoms with Gasteiger partial charge in [-0.3, -0.25) is 0 Å². The Morgan fingerprint density at radius 2 is 1.82 bits per heavy atom. The van der Waals surface area contributed by atoms with Crippen molar-refractivity contribution in [3.8, 4) is 0 Å². The van der Waals surface area contributed by atoms with E-state index in [2.05, 4.69) is 21.2 Å². The normalized spacial score (nSPS) is 18.9. The van der Waals surface area contributed by atoms with Crippen LogP contribution in [0.25, 0.3) is 6.08 Å². The van der Waals surface area contributed by atoms with Gasteiger partial charge in [0.1, 0.15) is 5.60 Å². The number of rotatable bonds is 4. The lowest BCUT2D eigenvalue weighted by Gasteiger charge is -2.32. The van der Waals surface area contributed by atoms with Crippen LogP contribution in [-0.2, 0) is 14.0 Å². The van der Waals surface area contributed by atoms with Crippen molar-refractivity contribution in [2.45, 2.75) is 65.3 Å². The minimum Gasteiger partial charge on any atom is -0.444 e. The first-order valence-electron chi connectivity index (χ1n) is 9.18. The minimum absolute atomic E-state index is 0.223. The first-order valence-corrected chi connectivity index (χ1v) is 10.4. The lowest BCUT2D eigenvalue weighted by Crippen LogP contribution is -2.41. The molecule has 1 amide bonds. The van der Waals surface area contributed by atoms with Crippen LogP contribution in [0.3, 0.4) is 0 Å². The molecular formula is C20H28BBrClNO4. The van der Waals surface area contributed by atoms with E-state index in [4.69, 9.17) is 25.6 Å². The number of nitrogens with one attached hydrogen (secondary N) is 1. The number of hydrogen-bond acceptors (Lipinski definition) is 4. The van der Waals surface area contributed by atoms with Crippen LogP contribution in [0.15, 0.2) is 28.1 Å². The average molecular weight is 473 g/mol. The highest BCUT2D eigenvalue weighted by Crippen LogP contribution is 2.39. The summed E-state index contributed by atoms with van der Waals surface area (Å²) >= 11 is 9.57. The minimum atomic E-state index is -0.595. The third-order valence-corrected chi connectivity index (χ3v) is 5.62.